The zero-order valence-electron chi connectivity index (χ0n) is 63.0. The van der Waals surface area contributed by atoms with Gasteiger partial charge in [0.25, 0.3) is 0 Å². The second-order valence-electron chi connectivity index (χ2n) is 29.2. The molecule has 2 heterocycles. The fourth-order valence-corrected chi connectivity index (χ4v) is 13.7. The van der Waals surface area contributed by atoms with E-state index in [1.807, 2.05) is 0 Å². The lowest BCUT2D eigenvalue weighted by molar-refractivity contribution is -0.359. The maximum absolute atomic E-state index is 13.4. The number of rotatable bonds is 70. The van der Waals surface area contributed by atoms with Gasteiger partial charge < -0.3 is 65.1 Å². The third-order valence-electron chi connectivity index (χ3n) is 20.2. The Labute approximate surface area is 600 Å². The van der Waals surface area contributed by atoms with E-state index in [4.69, 9.17) is 18.9 Å². The predicted molar refractivity (Wildman–Crippen MR) is 406 cm³/mol. The molecule has 14 nitrogen and oxygen atoms in total. The van der Waals surface area contributed by atoms with Crippen molar-refractivity contribution in [3.8, 4) is 0 Å². The average Bonchev–Trinajstić information content (AvgIpc) is 0.793. The van der Waals surface area contributed by atoms with Crippen molar-refractivity contribution < 1.29 is 64.6 Å². The van der Waals surface area contributed by atoms with Crippen LogP contribution in [0.5, 0.6) is 0 Å². The van der Waals surface area contributed by atoms with Gasteiger partial charge in [-0.25, -0.2) is 0 Å². The molecule has 2 aliphatic rings. The van der Waals surface area contributed by atoms with Crippen LogP contribution < -0.4 is 5.32 Å². The van der Waals surface area contributed by atoms with Gasteiger partial charge >= 0.3 is 0 Å². The summed E-state index contributed by atoms with van der Waals surface area (Å²) in [6.07, 6.45) is 75.6. The van der Waals surface area contributed by atoms with Crippen LogP contribution in [0.15, 0.2) is 60.8 Å². The smallest absolute Gasteiger partial charge is 0.220 e. The highest BCUT2D eigenvalue weighted by Crippen LogP contribution is 2.30. The lowest BCUT2D eigenvalue weighted by Gasteiger charge is -2.46. The molecule has 0 aliphatic carbocycles. The Morgan fingerprint density at radius 2 is 0.704 bits per heavy atom. The van der Waals surface area contributed by atoms with Crippen molar-refractivity contribution in [3.63, 3.8) is 0 Å². The predicted octanol–water partition coefficient (Wildman–Crippen LogP) is 19.1. The molecule has 0 radical (unpaired) electrons. The van der Waals surface area contributed by atoms with Gasteiger partial charge in [0.15, 0.2) is 12.6 Å². The molecular weight excluding hydrogens is 1230 g/mol. The third kappa shape index (κ3) is 50.2. The van der Waals surface area contributed by atoms with Gasteiger partial charge in [-0.3, -0.25) is 4.79 Å². The summed E-state index contributed by atoms with van der Waals surface area (Å²) in [5, 5.41) is 87.9. The molecule has 0 bridgehead atoms. The number of aliphatic hydroxyl groups is 8. The molecule has 2 saturated heterocycles. The molecule has 0 aromatic carbocycles. The SMILES string of the molecule is CC/C=C\C/C=C\C/C=C\C/C=C\C/C=C\CCCCCCCCCCCCCCCCCCCCCCCCCC(=O)NC(COC1OC(CO)C(OC2OC(CO)C(O)C(O)C2O)C(O)C1O)C(O)CCCCCCCCCCCCCCCCCCCCCCCCCCC. The Kier molecular flexibility index (Phi) is 63.5. The number of amides is 1. The van der Waals surface area contributed by atoms with Gasteiger partial charge in [-0.05, 0) is 57.8 Å². The molecule has 2 rings (SSSR count). The second-order valence-corrected chi connectivity index (χ2v) is 29.2. The van der Waals surface area contributed by atoms with Crippen LogP contribution in [0, 0.1) is 0 Å². The second kappa shape index (κ2) is 67.8. The van der Waals surface area contributed by atoms with E-state index in [0.717, 1.165) is 83.5 Å². The summed E-state index contributed by atoms with van der Waals surface area (Å²) in [6, 6.07) is -0.830. The Balaban J connectivity index is 1.57. The van der Waals surface area contributed by atoms with Crippen molar-refractivity contribution in [2.75, 3.05) is 19.8 Å². The van der Waals surface area contributed by atoms with Gasteiger partial charge in [0.2, 0.25) is 5.91 Å². The highest BCUT2D eigenvalue weighted by atomic mass is 16.7. The summed E-state index contributed by atoms with van der Waals surface area (Å²) in [5.74, 6) is -0.199. The zero-order valence-corrected chi connectivity index (χ0v) is 63.0. The summed E-state index contributed by atoms with van der Waals surface area (Å²) >= 11 is 0. The number of hydrogen-bond donors (Lipinski definition) is 9. The molecule has 12 unspecified atom stereocenters. The van der Waals surface area contributed by atoms with Crippen molar-refractivity contribution in [3.05, 3.63) is 60.8 Å². The van der Waals surface area contributed by atoms with Crippen LogP contribution in [0.2, 0.25) is 0 Å². The zero-order chi connectivity index (χ0) is 70.8. The average molecular weight is 1390 g/mol. The monoisotopic (exact) mass is 1390 g/mol. The van der Waals surface area contributed by atoms with Crippen LogP contribution in [-0.4, -0.2) is 140 Å². The van der Waals surface area contributed by atoms with E-state index in [-0.39, 0.29) is 12.5 Å². The molecule has 14 heteroatoms. The molecule has 2 fully saturated rings. The lowest BCUT2D eigenvalue weighted by Crippen LogP contribution is -2.65. The quantitative estimate of drug-likeness (QED) is 0.0204. The van der Waals surface area contributed by atoms with Crippen LogP contribution in [0.25, 0.3) is 0 Å². The molecule has 574 valence electrons. The molecular formula is C84H155NO13. The van der Waals surface area contributed by atoms with Crippen LogP contribution in [0.4, 0.5) is 0 Å². The van der Waals surface area contributed by atoms with E-state index in [0.29, 0.717) is 12.8 Å². The maximum Gasteiger partial charge on any atom is 0.220 e. The molecule has 9 N–H and O–H groups in total. The van der Waals surface area contributed by atoms with Crippen LogP contribution in [0.3, 0.4) is 0 Å². The fraction of sp³-hybridized carbons (Fsp3) is 0.869. The molecule has 0 saturated carbocycles. The summed E-state index contributed by atoms with van der Waals surface area (Å²) in [6.45, 7) is 2.81. The summed E-state index contributed by atoms with van der Waals surface area (Å²) in [7, 11) is 0. The first kappa shape index (κ1) is 91.8. The van der Waals surface area contributed by atoms with E-state index in [1.54, 1.807) is 0 Å². The highest BCUT2D eigenvalue weighted by molar-refractivity contribution is 5.76. The van der Waals surface area contributed by atoms with E-state index in [9.17, 15) is 45.6 Å². The summed E-state index contributed by atoms with van der Waals surface area (Å²) in [4.78, 5) is 13.4. The third-order valence-corrected chi connectivity index (χ3v) is 20.2. The maximum atomic E-state index is 13.4. The van der Waals surface area contributed by atoms with Crippen LogP contribution >= 0.6 is 0 Å². The Morgan fingerprint density at radius 3 is 1.08 bits per heavy atom. The van der Waals surface area contributed by atoms with E-state index < -0.39 is 86.8 Å². The summed E-state index contributed by atoms with van der Waals surface area (Å²) < 4.78 is 23.0. The molecule has 0 aromatic heterocycles. The first-order valence-corrected chi connectivity index (χ1v) is 41.5. The first-order valence-electron chi connectivity index (χ1n) is 41.5. The Morgan fingerprint density at radius 1 is 0.378 bits per heavy atom. The minimum absolute atomic E-state index is 0.199. The van der Waals surface area contributed by atoms with Gasteiger partial charge in [0.1, 0.15) is 48.8 Å². The minimum atomic E-state index is -1.78. The van der Waals surface area contributed by atoms with Crippen molar-refractivity contribution in [1.29, 1.82) is 0 Å². The molecule has 98 heavy (non-hydrogen) atoms. The van der Waals surface area contributed by atoms with E-state index in [2.05, 4.69) is 79.9 Å². The number of nitrogens with one attached hydrogen (secondary N) is 1. The van der Waals surface area contributed by atoms with Crippen LogP contribution in [-0.2, 0) is 23.7 Å². The van der Waals surface area contributed by atoms with E-state index in [1.165, 1.54) is 263 Å². The lowest BCUT2D eigenvalue weighted by atomic mass is 9.97. The van der Waals surface area contributed by atoms with Gasteiger partial charge in [-0.2, -0.15) is 0 Å². The Hall–Kier alpha value is -2.31. The fourth-order valence-electron chi connectivity index (χ4n) is 13.7. The summed E-state index contributed by atoms with van der Waals surface area (Å²) in [5.41, 5.74) is 0. The van der Waals surface area contributed by atoms with Crippen LogP contribution in [0.1, 0.15) is 373 Å². The number of allylic oxidation sites excluding steroid dienone is 10. The number of ether oxygens (including phenoxy) is 4. The van der Waals surface area contributed by atoms with Gasteiger partial charge in [-0.15, -0.1) is 0 Å². The molecule has 0 spiro atoms. The minimum Gasteiger partial charge on any atom is -0.394 e. The standard InChI is InChI=1S/C84H155NO13/c1-3-5-7-9-11-13-15-17-19-21-23-25-27-29-30-31-32-33-34-35-36-37-38-39-40-41-42-44-46-48-50-52-54-56-58-60-62-64-66-68-76(89)85-72(71-95-83-81(94)79(92)82(75(70-87)97-83)98-84-80(93)78(91)77(90)74(69-86)96-84)73(88)67-65-63-61-59-57-55-53-51-49-47-45-43-28-26-24-22-20-18-16-14-12-10-8-6-4-2/h5,7,11,13,17,19,23,25,29-30,72-75,77-84,86-88,90-94H,3-4,6,8-10,12,14-16,18,20-22,24,26-28,31-71H2,1-2H3,(H,85,89)/b7-5-,13-11-,19-17-,25-23-,30-29-. The molecule has 0 aromatic rings. The van der Waals surface area contributed by atoms with E-state index >= 15 is 0 Å². The van der Waals surface area contributed by atoms with Crippen molar-refractivity contribution in [2.45, 2.75) is 447 Å². The van der Waals surface area contributed by atoms with Crippen molar-refractivity contribution in [1.82, 2.24) is 5.32 Å². The van der Waals surface area contributed by atoms with Gasteiger partial charge in [0.05, 0.1) is 32.0 Å². The number of unbranched alkanes of at least 4 members (excludes halogenated alkanes) is 47. The number of aliphatic hydroxyl groups excluding tert-OH is 8. The van der Waals surface area contributed by atoms with Gasteiger partial charge in [-0.1, -0.05) is 370 Å². The number of carbonyl (C=O) groups excluding carboxylic acids is 1. The van der Waals surface area contributed by atoms with Crippen molar-refractivity contribution in [2.24, 2.45) is 0 Å². The molecule has 12 atom stereocenters. The largest absolute Gasteiger partial charge is 0.394 e. The number of carbonyl (C=O) groups is 1. The Bertz CT molecular complexity index is 1880. The molecule has 1 amide bonds. The topological polar surface area (TPSA) is 228 Å². The normalized spacial score (nSPS) is 22.3. The highest BCUT2D eigenvalue weighted by Gasteiger charge is 2.51. The number of hydrogen-bond acceptors (Lipinski definition) is 13. The van der Waals surface area contributed by atoms with Gasteiger partial charge in [0, 0.05) is 6.42 Å². The molecule has 2 aliphatic heterocycles. The first-order chi connectivity index (χ1) is 48.1. The van der Waals surface area contributed by atoms with Crippen molar-refractivity contribution >= 4 is 5.91 Å².